The van der Waals surface area contributed by atoms with E-state index in [2.05, 4.69) is 9.84 Å². The summed E-state index contributed by atoms with van der Waals surface area (Å²) < 4.78 is 49.0. The van der Waals surface area contributed by atoms with Crippen molar-refractivity contribution in [2.45, 2.75) is 19.7 Å². The molecule has 0 bridgehead atoms. The van der Waals surface area contributed by atoms with Gasteiger partial charge in [0.15, 0.2) is 0 Å². The van der Waals surface area contributed by atoms with Crippen LogP contribution in [0, 0.1) is 6.92 Å². The van der Waals surface area contributed by atoms with Crippen LogP contribution >= 0.6 is 0 Å². The maximum Gasteiger partial charge on any atom is 0.573 e. The Balaban J connectivity index is 2.02. The van der Waals surface area contributed by atoms with E-state index in [9.17, 15) is 27.9 Å². The molecule has 4 rings (SSSR count). The van der Waals surface area contributed by atoms with E-state index >= 15 is 0 Å². The molecule has 0 saturated heterocycles. The van der Waals surface area contributed by atoms with Crippen molar-refractivity contribution in [3.8, 4) is 11.4 Å². The molecule has 0 spiro atoms. The average Bonchev–Trinajstić information content (AvgIpc) is 2.94. The molecule has 0 radical (unpaired) electrons. The number of pyridine rings is 1. The normalized spacial score (nSPS) is 14.5. The van der Waals surface area contributed by atoms with E-state index < -0.39 is 29.4 Å². The number of aliphatic hydroxyl groups is 1. The van der Waals surface area contributed by atoms with Gasteiger partial charge in [0, 0.05) is 18.9 Å². The molecule has 1 aliphatic rings. The van der Waals surface area contributed by atoms with Gasteiger partial charge in [-0.3, -0.25) is 14.0 Å². The number of rotatable bonds is 2. The largest absolute Gasteiger partial charge is 0.573 e. The SMILES string of the molecule is Cc1nn(C)c2c1c1c(c(=O)n2-c2ccc(OC(F)(F)F)cc2)C(O)=CC(=O)OCC1. The molecule has 2 aromatic heterocycles. The van der Waals surface area contributed by atoms with E-state index in [1.54, 1.807) is 14.0 Å². The first-order valence-corrected chi connectivity index (χ1v) is 9.12. The number of aryl methyl sites for hydroxylation is 2. The number of halogens is 3. The van der Waals surface area contributed by atoms with Gasteiger partial charge < -0.3 is 14.6 Å². The number of carbonyl (C=O) groups is 1. The number of esters is 1. The number of hydrogen-bond acceptors (Lipinski definition) is 6. The fraction of sp³-hybridized carbons (Fsp3) is 0.250. The van der Waals surface area contributed by atoms with Crippen molar-refractivity contribution in [3.05, 3.63) is 57.5 Å². The summed E-state index contributed by atoms with van der Waals surface area (Å²) in [5.74, 6) is -1.79. The first-order valence-electron chi connectivity index (χ1n) is 9.12. The zero-order valence-corrected chi connectivity index (χ0v) is 16.4. The lowest BCUT2D eigenvalue weighted by Crippen LogP contribution is -2.27. The number of hydrogen-bond donors (Lipinski definition) is 1. The Labute approximate surface area is 172 Å². The molecule has 1 aromatic carbocycles. The molecule has 0 unspecified atom stereocenters. The van der Waals surface area contributed by atoms with Gasteiger partial charge in [0.2, 0.25) is 0 Å². The van der Waals surface area contributed by atoms with Crippen LogP contribution in [0.25, 0.3) is 22.5 Å². The van der Waals surface area contributed by atoms with Gasteiger partial charge in [0.05, 0.1) is 29.6 Å². The second kappa shape index (κ2) is 7.18. The molecule has 3 aromatic rings. The standard InChI is InChI=1S/C20H16F3N3O5/c1-10-16-13-7-8-30-15(28)9-14(27)17(13)19(29)26(18(16)25(2)24-10)11-3-5-12(6-4-11)31-20(21,22)23/h3-6,9,27H,7-8H2,1-2H3. The fourth-order valence-electron chi connectivity index (χ4n) is 3.75. The minimum absolute atomic E-state index is 0.00593. The Morgan fingerprint density at radius 2 is 1.87 bits per heavy atom. The molecule has 0 atom stereocenters. The van der Waals surface area contributed by atoms with Crippen LogP contribution in [-0.2, 0) is 23.0 Å². The van der Waals surface area contributed by atoms with Gasteiger partial charge in [0.25, 0.3) is 5.56 Å². The summed E-state index contributed by atoms with van der Waals surface area (Å²) in [5.41, 5.74) is 0.909. The molecule has 0 saturated carbocycles. The number of fused-ring (bicyclic) bond motifs is 3. The van der Waals surface area contributed by atoms with E-state index in [4.69, 9.17) is 4.74 Å². The van der Waals surface area contributed by atoms with E-state index in [1.807, 2.05) is 0 Å². The summed E-state index contributed by atoms with van der Waals surface area (Å²) in [4.78, 5) is 25.2. The van der Waals surface area contributed by atoms with Gasteiger partial charge in [-0.25, -0.2) is 4.79 Å². The zero-order chi connectivity index (χ0) is 22.5. The lowest BCUT2D eigenvalue weighted by atomic mass is 9.99. The Hall–Kier alpha value is -3.76. The number of nitrogens with zero attached hydrogens (tertiary/aromatic N) is 3. The summed E-state index contributed by atoms with van der Waals surface area (Å²) in [6.07, 6.45) is -3.85. The van der Waals surface area contributed by atoms with Crippen LogP contribution < -0.4 is 10.3 Å². The zero-order valence-electron chi connectivity index (χ0n) is 16.4. The second-order valence-electron chi connectivity index (χ2n) is 6.89. The highest BCUT2D eigenvalue weighted by Crippen LogP contribution is 2.30. The van der Waals surface area contributed by atoms with Crippen molar-refractivity contribution in [1.82, 2.24) is 14.3 Å². The molecule has 31 heavy (non-hydrogen) atoms. The highest BCUT2D eigenvalue weighted by atomic mass is 19.4. The van der Waals surface area contributed by atoms with Gasteiger partial charge in [-0.1, -0.05) is 0 Å². The van der Waals surface area contributed by atoms with E-state index in [0.717, 1.165) is 18.2 Å². The molecular formula is C20H16F3N3O5. The molecule has 8 nitrogen and oxygen atoms in total. The number of ether oxygens (including phenoxy) is 2. The van der Waals surface area contributed by atoms with Crippen LogP contribution in [0.3, 0.4) is 0 Å². The van der Waals surface area contributed by atoms with Crippen molar-refractivity contribution in [3.63, 3.8) is 0 Å². The van der Waals surface area contributed by atoms with Crippen LogP contribution in [0.15, 0.2) is 35.1 Å². The van der Waals surface area contributed by atoms with Gasteiger partial charge >= 0.3 is 12.3 Å². The number of carbonyl (C=O) groups excluding carboxylic acids is 1. The van der Waals surface area contributed by atoms with Crippen LogP contribution in [0.2, 0.25) is 0 Å². The quantitative estimate of drug-likeness (QED) is 0.622. The predicted molar refractivity (Wildman–Crippen MR) is 103 cm³/mol. The second-order valence-corrected chi connectivity index (χ2v) is 6.89. The maximum absolute atomic E-state index is 13.4. The molecule has 0 amide bonds. The van der Waals surface area contributed by atoms with Crippen molar-refractivity contribution in [2.24, 2.45) is 7.05 Å². The first kappa shape index (κ1) is 20.5. The summed E-state index contributed by atoms with van der Waals surface area (Å²) in [6, 6.07) is 4.73. The predicted octanol–water partition coefficient (Wildman–Crippen LogP) is 2.93. The molecule has 162 valence electrons. The lowest BCUT2D eigenvalue weighted by molar-refractivity contribution is -0.274. The fourth-order valence-corrected chi connectivity index (χ4v) is 3.75. The Kier molecular flexibility index (Phi) is 4.75. The van der Waals surface area contributed by atoms with Gasteiger partial charge in [-0.2, -0.15) is 5.10 Å². The molecule has 1 N–H and O–H groups in total. The molecule has 0 aliphatic carbocycles. The van der Waals surface area contributed by atoms with E-state index in [1.165, 1.54) is 21.4 Å². The molecule has 0 fully saturated rings. The van der Waals surface area contributed by atoms with Gasteiger partial charge in [-0.15, -0.1) is 13.2 Å². The van der Waals surface area contributed by atoms with Crippen molar-refractivity contribution in [1.29, 1.82) is 0 Å². The number of alkyl halides is 3. The summed E-state index contributed by atoms with van der Waals surface area (Å²) in [5, 5.41) is 15.4. The Morgan fingerprint density at radius 1 is 1.19 bits per heavy atom. The third-order valence-corrected chi connectivity index (χ3v) is 4.86. The molecule has 3 heterocycles. The Morgan fingerprint density at radius 3 is 2.52 bits per heavy atom. The highest BCUT2D eigenvalue weighted by Gasteiger charge is 2.31. The minimum Gasteiger partial charge on any atom is -0.507 e. The average molecular weight is 435 g/mol. The molecular weight excluding hydrogens is 419 g/mol. The lowest BCUT2D eigenvalue weighted by Gasteiger charge is -2.18. The monoisotopic (exact) mass is 435 g/mol. The summed E-state index contributed by atoms with van der Waals surface area (Å²) in [6.45, 7) is 1.73. The summed E-state index contributed by atoms with van der Waals surface area (Å²) >= 11 is 0. The maximum atomic E-state index is 13.4. The van der Waals surface area contributed by atoms with Crippen LogP contribution in [0.1, 0.15) is 16.8 Å². The third kappa shape index (κ3) is 3.62. The topological polar surface area (TPSA) is 95.6 Å². The van der Waals surface area contributed by atoms with Crippen molar-refractivity contribution < 1.29 is 32.5 Å². The number of aliphatic hydroxyl groups excluding tert-OH is 1. The summed E-state index contributed by atoms with van der Waals surface area (Å²) in [7, 11) is 1.62. The van der Waals surface area contributed by atoms with Gasteiger partial charge in [0.1, 0.15) is 17.2 Å². The van der Waals surface area contributed by atoms with Crippen LogP contribution in [-0.4, -0.2) is 38.4 Å². The molecule has 11 heteroatoms. The van der Waals surface area contributed by atoms with E-state index in [-0.39, 0.29) is 24.3 Å². The smallest absolute Gasteiger partial charge is 0.507 e. The van der Waals surface area contributed by atoms with E-state index in [0.29, 0.717) is 22.3 Å². The van der Waals surface area contributed by atoms with Crippen LogP contribution in [0.5, 0.6) is 5.75 Å². The van der Waals surface area contributed by atoms with Crippen LogP contribution in [0.4, 0.5) is 13.2 Å². The molecule has 1 aliphatic heterocycles. The Bertz CT molecular complexity index is 1290. The minimum atomic E-state index is -4.85. The number of benzene rings is 1. The third-order valence-electron chi connectivity index (χ3n) is 4.86. The van der Waals surface area contributed by atoms with Crippen molar-refractivity contribution >= 4 is 22.8 Å². The highest BCUT2D eigenvalue weighted by molar-refractivity contribution is 5.94. The van der Waals surface area contributed by atoms with Gasteiger partial charge in [-0.05, 0) is 36.8 Å². The number of cyclic esters (lactones) is 1. The first-order chi connectivity index (χ1) is 14.6. The van der Waals surface area contributed by atoms with Crippen molar-refractivity contribution in [2.75, 3.05) is 6.61 Å². The number of aromatic nitrogens is 3.